The highest BCUT2D eigenvalue weighted by Gasteiger charge is 2.65. The van der Waals surface area contributed by atoms with E-state index in [1.165, 1.54) is 0 Å². The molecule has 0 amide bonds. The van der Waals surface area contributed by atoms with Crippen LogP contribution < -0.4 is 0 Å². The van der Waals surface area contributed by atoms with Crippen LogP contribution in [-0.4, -0.2) is 56.9 Å². The molecule has 1 heterocycles. The third-order valence-corrected chi connectivity index (χ3v) is 11.1. The van der Waals surface area contributed by atoms with Gasteiger partial charge >= 0.3 is 5.97 Å². The van der Waals surface area contributed by atoms with Gasteiger partial charge in [-0.2, -0.15) is 0 Å². The molecule has 6 unspecified atom stereocenters. The van der Waals surface area contributed by atoms with Crippen molar-refractivity contribution in [1.82, 2.24) is 0 Å². The minimum Gasteiger partial charge on any atom is -0.462 e. The van der Waals surface area contributed by atoms with Crippen LogP contribution in [0.2, 0.25) is 0 Å². The van der Waals surface area contributed by atoms with Crippen LogP contribution in [0.1, 0.15) is 80.1 Å². The first kappa shape index (κ1) is 25.4. The summed E-state index contributed by atoms with van der Waals surface area (Å²) in [7, 11) is 0. The Morgan fingerprint density at radius 2 is 1.55 bits per heavy atom. The summed E-state index contributed by atoms with van der Waals surface area (Å²) in [6.07, 6.45) is 1.21. The van der Waals surface area contributed by atoms with Crippen LogP contribution in [0.15, 0.2) is 0 Å². The minimum atomic E-state index is -0.862. The van der Waals surface area contributed by atoms with E-state index in [-0.39, 0.29) is 64.8 Å². The van der Waals surface area contributed by atoms with Gasteiger partial charge in [-0.3, -0.25) is 4.79 Å². The number of carbonyl (C=O) groups excluding carboxylic acids is 1. The molecule has 1 saturated heterocycles. The molecular formula is C27H46O6. The van der Waals surface area contributed by atoms with E-state index in [1.54, 1.807) is 0 Å². The molecule has 0 radical (unpaired) electrons. The van der Waals surface area contributed by atoms with Crippen LogP contribution >= 0.6 is 0 Å². The second kappa shape index (κ2) is 8.76. The first-order valence-corrected chi connectivity index (χ1v) is 13.3. The quantitative estimate of drug-likeness (QED) is 0.464. The highest BCUT2D eigenvalue weighted by atomic mass is 16.5. The molecule has 4 rings (SSSR count). The third-order valence-electron chi connectivity index (χ3n) is 11.1. The van der Waals surface area contributed by atoms with Crippen molar-refractivity contribution in [2.24, 2.45) is 52.3 Å². The fourth-order valence-corrected chi connectivity index (χ4v) is 8.49. The number of aliphatic hydroxyl groups is 4. The van der Waals surface area contributed by atoms with Gasteiger partial charge in [-0.05, 0) is 73.0 Å². The van der Waals surface area contributed by atoms with E-state index >= 15 is 0 Å². The average molecular weight is 467 g/mol. The van der Waals surface area contributed by atoms with Gasteiger partial charge in [0, 0.05) is 11.8 Å². The summed E-state index contributed by atoms with van der Waals surface area (Å²) in [5, 5.41) is 42.6. The maximum atomic E-state index is 13.1. The molecule has 0 spiro atoms. The Morgan fingerprint density at radius 3 is 2.18 bits per heavy atom. The lowest BCUT2D eigenvalue weighted by Gasteiger charge is -2.60. The fourth-order valence-electron chi connectivity index (χ4n) is 8.49. The second-order valence-corrected chi connectivity index (χ2v) is 12.9. The van der Waals surface area contributed by atoms with Crippen molar-refractivity contribution in [2.75, 3.05) is 0 Å². The molecule has 3 saturated carbocycles. The Kier molecular flexibility index (Phi) is 6.74. The van der Waals surface area contributed by atoms with Crippen LogP contribution in [0.4, 0.5) is 0 Å². The van der Waals surface area contributed by atoms with E-state index in [9.17, 15) is 25.2 Å². The molecular weight excluding hydrogens is 420 g/mol. The van der Waals surface area contributed by atoms with Crippen LogP contribution in [0.25, 0.3) is 0 Å². The number of rotatable bonds is 5. The molecule has 13 atom stereocenters. The van der Waals surface area contributed by atoms with E-state index in [0.29, 0.717) is 12.3 Å². The number of carbonyl (C=O) groups is 1. The van der Waals surface area contributed by atoms with Crippen molar-refractivity contribution in [3.8, 4) is 0 Å². The number of hydrogen-bond acceptors (Lipinski definition) is 6. The summed E-state index contributed by atoms with van der Waals surface area (Å²) in [6.45, 7) is 12.7. The van der Waals surface area contributed by atoms with E-state index in [2.05, 4.69) is 34.6 Å². The molecule has 3 aliphatic carbocycles. The van der Waals surface area contributed by atoms with Crippen molar-refractivity contribution >= 4 is 5.97 Å². The lowest BCUT2D eigenvalue weighted by atomic mass is 9.49. The summed E-state index contributed by atoms with van der Waals surface area (Å²) in [6, 6.07) is 0. The predicted octanol–water partition coefficient (Wildman–Crippen LogP) is 3.14. The van der Waals surface area contributed by atoms with Crippen LogP contribution in [0, 0.1) is 52.3 Å². The standard InChI is InChI=1S/C27H46O6/c1-13(2)14(3)22(30)23(31)15(4)16-7-8-17-24-18(9-10-26(16,17)5)27(6)12-21(29)20(28)11-19(27)25(32)33-24/h13-24,28-31H,7-12H2,1-6H3/t14-,15+,16-,17?,18?,19?,20+,21-,22-,23-,24?,26?,27?/m1/s1. The van der Waals surface area contributed by atoms with E-state index in [1.807, 2.05) is 6.92 Å². The summed E-state index contributed by atoms with van der Waals surface area (Å²) >= 11 is 0. The van der Waals surface area contributed by atoms with Gasteiger partial charge in [-0.1, -0.05) is 41.5 Å². The number of aliphatic hydroxyl groups excluding tert-OH is 4. The second-order valence-electron chi connectivity index (χ2n) is 12.9. The van der Waals surface area contributed by atoms with Crippen LogP contribution in [0.5, 0.6) is 0 Å². The maximum absolute atomic E-state index is 13.1. The molecule has 4 N–H and O–H groups in total. The molecule has 0 aromatic carbocycles. The Balaban J connectivity index is 1.56. The zero-order valence-electron chi connectivity index (χ0n) is 21.3. The molecule has 0 aromatic heterocycles. The van der Waals surface area contributed by atoms with Gasteiger partial charge in [0.05, 0.1) is 30.3 Å². The van der Waals surface area contributed by atoms with Crippen molar-refractivity contribution < 1.29 is 30.0 Å². The number of hydrogen-bond donors (Lipinski definition) is 4. The van der Waals surface area contributed by atoms with Crippen molar-refractivity contribution in [2.45, 2.75) is 111 Å². The van der Waals surface area contributed by atoms with Gasteiger partial charge < -0.3 is 25.2 Å². The smallest absolute Gasteiger partial charge is 0.309 e. The zero-order valence-corrected chi connectivity index (χ0v) is 21.3. The zero-order chi connectivity index (χ0) is 24.5. The van der Waals surface area contributed by atoms with E-state index < -0.39 is 24.4 Å². The Labute approximate surface area is 199 Å². The lowest BCUT2D eigenvalue weighted by Crippen LogP contribution is -2.62. The molecule has 6 heteroatoms. The van der Waals surface area contributed by atoms with Gasteiger partial charge in [0.1, 0.15) is 6.10 Å². The molecule has 4 fully saturated rings. The largest absolute Gasteiger partial charge is 0.462 e. The van der Waals surface area contributed by atoms with Gasteiger partial charge in [0.25, 0.3) is 0 Å². The summed E-state index contributed by atoms with van der Waals surface area (Å²) in [5.74, 6) is 0.375. The topological polar surface area (TPSA) is 107 Å². The van der Waals surface area contributed by atoms with Gasteiger partial charge in [-0.15, -0.1) is 0 Å². The molecule has 1 aliphatic heterocycles. The molecule has 0 bridgehead atoms. The van der Waals surface area contributed by atoms with Gasteiger partial charge in [0.2, 0.25) is 0 Å². The van der Waals surface area contributed by atoms with Crippen LogP contribution in [-0.2, 0) is 9.53 Å². The lowest BCUT2D eigenvalue weighted by molar-refractivity contribution is -0.226. The fraction of sp³-hybridized carbons (Fsp3) is 0.963. The van der Waals surface area contributed by atoms with Crippen molar-refractivity contribution in [3.05, 3.63) is 0 Å². The Hall–Kier alpha value is -0.690. The van der Waals surface area contributed by atoms with E-state index in [0.717, 1.165) is 25.7 Å². The molecule has 33 heavy (non-hydrogen) atoms. The molecule has 6 nitrogen and oxygen atoms in total. The van der Waals surface area contributed by atoms with Gasteiger partial charge in [-0.25, -0.2) is 0 Å². The summed E-state index contributed by atoms with van der Waals surface area (Å²) in [5.41, 5.74) is -0.412. The van der Waals surface area contributed by atoms with Crippen molar-refractivity contribution in [1.29, 1.82) is 0 Å². The highest BCUT2D eigenvalue weighted by molar-refractivity contribution is 5.75. The first-order valence-electron chi connectivity index (χ1n) is 13.3. The summed E-state index contributed by atoms with van der Waals surface area (Å²) in [4.78, 5) is 13.1. The van der Waals surface area contributed by atoms with Crippen LogP contribution in [0.3, 0.4) is 0 Å². The minimum absolute atomic E-state index is 0.0208. The Bertz CT molecular complexity index is 740. The number of esters is 1. The van der Waals surface area contributed by atoms with E-state index in [4.69, 9.17) is 4.74 Å². The number of fused-ring (bicyclic) bond motifs is 5. The third kappa shape index (κ3) is 3.88. The highest BCUT2D eigenvalue weighted by Crippen LogP contribution is 2.65. The monoisotopic (exact) mass is 466 g/mol. The normalized spacial score (nSPS) is 48.8. The predicted molar refractivity (Wildman–Crippen MR) is 125 cm³/mol. The average Bonchev–Trinajstić information content (AvgIpc) is 3.10. The molecule has 0 aromatic rings. The molecule has 190 valence electrons. The first-order chi connectivity index (χ1) is 15.3. The molecule has 4 aliphatic rings. The van der Waals surface area contributed by atoms with Crippen molar-refractivity contribution in [3.63, 3.8) is 0 Å². The maximum Gasteiger partial charge on any atom is 0.309 e. The summed E-state index contributed by atoms with van der Waals surface area (Å²) < 4.78 is 6.15. The number of ether oxygens (including phenoxy) is 1. The SMILES string of the molecule is CC(C)[C@@H](C)[C@@H](O)[C@H](O)[C@@H](C)[C@H]1CCC2C3OC(=O)C4C[C@H](O)[C@H](O)CC4(C)C3CCC21C. The van der Waals surface area contributed by atoms with Gasteiger partial charge in [0.15, 0.2) is 0 Å². The Morgan fingerprint density at radius 1 is 0.909 bits per heavy atom.